The Labute approximate surface area is 150 Å². The van der Waals surface area contributed by atoms with Crippen molar-refractivity contribution in [2.45, 2.75) is 32.6 Å². The molecule has 0 atom stereocenters. The monoisotopic (exact) mass is 374 g/mol. The van der Waals surface area contributed by atoms with Gasteiger partial charge >= 0.3 is 0 Å². The lowest BCUT2D eigenvalue weighted by Crippen LogP contribution is -2.15. The van der Waals surface area contributed by atoms with Crippen molar-refractivity contribution in [3.05, 3.63) is 47.0 Å². The number of Topliss-reactive ketones (excluding diaryl/α,β-unsaturated/α-hetero) is 1. The van der Waals surface area contributed by atoms with Gasteiger partial charge in [0.05, 0.1) is 5.56 Å². The number of aromatic amines is 1. The van der Waals surface area contributed by atoms with Gasteiger partial charge in [-0.2, -0.15) is 4.98 Å². The molecule has 3 aromatic rings. The maximum atomic E-state index is 13.0. The van der Waals surface area contributed by atoms with E-state index in [-0.39, 0.29) is 16.6 Å². The van der Waals surface area contributed by atoms with E-state index in [1.807, 2.05) is 0 Å². The fraction of sp³-hybridized carbons (Fsp3) is 0.235. The summed E-state index contributed by atoms with van der Waals surface area (Å²) < 4.78 is 33.7. The molecule has 136 valence electrons. The van der Waals surface area contributed by atoms with E-state index in [0.717, 1.165) is 0 Å². The van der Waals surface area contributed by atoms with Crippen LogP contribution in [0.15, 0.2) is 33.7 Å². The van der Waals surface area contributed by atoms with Gasteiger partial charge in [0, 0.05) is 22.6 Å². The summed E-state index contributed by atoms with van der Waals surface area (Å²) in [5.74, 6) is 0.382. The second-order valence-electron chi connectivity index (χ2n) is 5.97. The van der Waals surface area contributed by atoms with Crippen LogP contribution in [0.5, 0.6) is 0 Å². The van der Waals surface area contributed by atoms with Crippen LogP contribution in [0.3, 0.4) is 0 Å². The number of hydrogen-bond acceptors (Lipinski definition) is 6. The fourth-order valence-electron chi connectivity index (χ4n) is 2.76. The fourth-order valence-corrected chi connectivity index (χ4v) is 4.26. The topological polar surface area (TPSA) is 118 Å². The molecular weight excluding hydrogens is 356 g/mol. The number of carbonyl (C=O) groups is 1. The van der Waals surface area contributed by atoms with E-state index < -0.39 is 10.0 Å². The summed E-state index contributed by atoms with van der Waals surface area (Å²) in [7, 11) is -3.96. The summed E-state index contributed by atoms with van der Waals surface area (Å²) in [6.07, 6.45) is 0. The molecule has 0 saturated carbocycles. The second kappa shape index (κ2) is 6.41. The predicted octanol–water partition coefficient (Wildman–Crippen LogP) is 2.99. The Balaban J connectivity index is 2.08. The molecule has 1 aromatic carbocycles. The lowest BCUT2D eigenvalue weighted by molar-refractivity contribution is 0.101. The molecule has 8 nitrogen and oxygen atoms in total. The Morgan fingerprint density at radius 3 is 2.54 bits per heavy atom. The molecule has 2 N–H and O–H groups in total. The van der Waals surface area contributed by atoms with Gasteiger partial charge in [0.15, 0.2) is 11.6 Å². The van der Waals surface area contributed by atoms with Crippen molar-refractivity contribution >= 4 is 21.5 Å². The maximum Gasteiger partial charge on any atom is 0.264 e. The van der Waals surface area contributed by atoms with E-state index in [0.29, 0.717) is 34.0 Å². The summed E-state index contributed by atoms with van der Waals surface area (Å²) in [5.41, 5.74) is 2.09. The van der Waals surface area contributed by atoms with Crippen LogP contribution in [-0.4, -0.2) is 29.3 Å². The van der Waals surface area contributed by atoms with Crippen LogP contribution in [-0.2, 0) is 10.0 Å². The average molecular weight is 374 g/mol. The van der Waals surface area contributed by atoms with Gasteiger partial charge in [-0.25, -0.2) is 8.42 Å². The van der Waals surface area contributed by atoms with Crippen molar-refractivity contribution < 1.29 is 17.7 Å². The van der Waals surface area contributed by atoms with Crippen LogP contribution >= 0.6 is 0 Å². The average Bonchev–Trinajstić information content (AvgIpc) is 3.09. The third-order valence-electron chi connectivity index (χ3n) is 3.85. The lowest BCUT2D eigenvalue weighted by Gasteiger charge is -2.10. The highest BCUT2D eigenvalue weighted by Crippen LogP contribution is 2.33. The minimum Gasteiger partial charge on any atom is -0.361 e. The normalized spacial score (nSPS) is 11.5. The van der Waals surface area contributed by atoms with Crippen molar-refractivity contribution in [3.8, 4) is 11.5 Å². The first-order valence-electron chi connectivity index (χ1n) is 7.82. The van der Waals surface area contributed by atoms with Gasteiger partial charge in [0.25, 0.3) is 15.9 Å². The highest BCUT2D eigenvalue weighted by atomic mass is 32.2. The van der Waals surface area contributed by atoms with Crippen molar-refractivity contribution in [2.24, 2.45) is 0 Å². The van der Waals surface area contributed by atoms with E-state index in [4.69, 9.17) is 4.52 Å². The zero-order chi connectivity index (χ0) is 19.1. The molecule has 0 aliphatic carbocycles. The molecule has 26 heavy (non-hydrogen) atoms. The molecule has 9 heteroatoms. The van der Waals surface area contributed by atoms with E-state index in [1.165, 1.54) is 13.0 Å². The quantitative estimate of drug-likeness (QED) is 0.663. The number of sulfonamides is 1. The van der Waals surface area contributed by atoms with Crippen LogP contribution in [0.25, 0.3) is 11.5 Å². The van der Waals surface area contributed by atoms with Gasteiger partial charge in [-0.15, -0.1) is 0 Å². The lowest BCUT2D eigenvalue weighted by atomic mass is 10.1. The Kier molecular flexibility index (Phi) is 4.41. The van der Waals surface area contributed by atoms with E-state index in [9.17, 15) is 13.2 Å². The van der Waals surface area contributed by atoms with Crippen LogP contribution in [0, 0.1) is 20.8 Å². The number of anilines is 1. The minimum absolute atomic E-state index is 0.0341. The van der Waals surface area contributed by atoms with Crippen LogP contribution in [0.1, 0.15) is 34.5 Å². The first kappa shape index (κ1) is 17.9. The number of H-pyrrole nitrogens is 1. The summed E-state index contributed by atoms with van der Waals surface area (Å²) >= 11 is 0. The van der Waals surface area contributed by atoms with Crippen molar-refractivity contribution in [3.63, 3.8) is 0 Å². The van der Waals surface area contributed by atoms with Gasteiger partial charge < -0.3 is 9.51 Å². The zero-order valence-corrected chi connectivity index (χ0v) is 15.6. The summed E-state index contributed by atoms with van der Waals surface area (Å²) in [5, 5.41) is 3.73. The molecule has 0 saturated heterocycles. The molecule has 0 fully saturated rings. The first-order chi connectivity index (χ1) is 12.2. The molecule has 2 aromatic heterocycles. The number of aryl methyl sites for hydroxylation is 3. The summed E-state index contributed by atoms with van der Waals surface area (Å²) in [6.45, 7) is 6.46. The molecular formula is C17H18N4O4S. The SMILES string of the molecule is CC(=O)c1cccc(NS(=O)(=O)c2c(C)[nH]c(C)c2-c2nc(C)no2)c1. The smallest absolute Gasteiger partial charge is 0.264 e. The number of nitrogens with one attached hydrogen (secondary N) is 2. The maximum absolute atomic E-state index is 13.0. The van der Waals surface area contributed by atoms with Crippen molar-refractivity contribution in [2.75, 3.05) is 4.72 Å². The number of nitrogens with zero attached hydrogens (tertiary/aromatic N) is 2. The Morgan fingerprint density at radius 2 is 1.92 bits per heavy atom. The molecule has 0 radical (unpaired) electrons. The highest BCUT2D eigenvalue weighted by Gasteiger charge is 2.29. The third-order valence-corrected chi connectivity index (χ3v) is 5.40. The minimum atomic E-state index is -3.96. The summed E-state index contributed by atoms with van der Waals surface area (Å²) in [6, 6.07) is 6.31. The standard InChI is InChI=1S/C17H18N4O4S/c1-9-15(17-19-12(4)20-25-17)16(10(2)18-9)26(23,24)21-14-7-5-6-13(8-14)11(3)22/h5-8,18,21H,1-4H3. The Hall–Kier alpha value is -2.94. The number of benzene rings is 1. The molecule has 3 rings (SSSR count). The van der Waals surface area contributed by atoms with Crippen LogP contribution in [0.4, 0.5) is 5.69 Å². The Morgan fingerprint density at radius 1 is 1.19 bits per heavy atom. The Bertz CT molecular complexity index is 1100. The van der Waals surface area contributed by atoms with Gasteiger partial charge in [-0.1, -0.05) is 17.3 Å². The third kappa shape index (κ3) is 3.25. The molecule has 0 spiro atoms. The number of ketones is 1. The van der Waals surface area contributed by atoms with Crippen molar-refractivity contribution in [1.82, 2.24) is 15.1 Å². The molecule has 0 aliphatic heterocycles. The first-order valence-corrected chi connectivity index (χ1v) is 9.31. The molecule has 0 bridgehead atoms. The number of hydrogen-bond donors (Lipinski definition) is 2. The number of rotatable bonds is 5. The molecule has 2 heterocycles. The number of aromatic nitrogens is 3. The second-order valence-corrected chi connectivity index (χ2v) is 7.59. The largest absolute Gasteiger partial charge is 0.361 e. The van der Waals surface area contributed by atoms with Crippen molar-refractivity contribution in [1.29, 1.82) is 0 Å². The highest BCUT2D eigenvalue weighted by molar-refractivity contribution is 7.93. The molecule has 0 amide bonds. The van der Waals surface area contributed by atoms with Gasteiger partial charge in [-0.05, 0) is 39.8 Å². The van der Waals surface area contributed by atoms with Gasteiger partial charge in [0.1, 0.15) is 4.90 Å². The van der Waals surface area contributed by atoms with Crippen LogP contribution in [0.2, 0.25) is 0 Å². The molecule has 0 aliphatic rings. The summed E-state index contributed by atoms with van der Waals surface area (Å²) in [4.78, 5) is 18.7. The van der Waals surface area contributed by atoms with E-state index >= 15 is 0 Å². The predicted molar refractivity (Wildman–Crippen MR) is 95.6 cm³/mol. The number of carbonyl (C=O) groups excluding carboxylic acids is 1. The molecule has 0 unspecified atom stereocenters. The van der Waals surface area contributed by atoms with E-state index in [2.05, 4.69) is 19.8 Å². The van der Waals surface area contributed by atoms with Gasteiger partial charge in [-0.3, -0.25) is 9.52 Å². The van der Waals surface area contributed by atoms with Gasteiger partial charge in [0.2, 0.25) is 0 Å². The van der Waals surface area contributed by atoms with E-state index in [1.54, 1.807) is 39.0 Å². The zero-order valence-electron chi connectivity index (χ0n) is 14.7. The van der Waals surface area contributed by atoms with Crippen LogP contribution < -0.4 is 4.72 Å².